The molecule has 1 saturated heterocycles. The first kappa shape index (κ1) is 23.1. The number of carbonyl (C=O) groups excluding carboxylic acids is 1. The topological polar surface area (TPSA) is 104 Å². The van der Waals surface area contributed by atoms with E-state index in [4.69, 9.17) is 10.00 Å². The SMILES string of the molecule is C[C@@H]1CN(C(=O)O[C@H](C)C(F)(F)F)CCN1c1ncc(OCc2ccncc2C#N)cn1. The smallest absolute Gasteiger partial charge is 0.425 e. The number of amides is 1. The molecule has 2 atom stereocenters. The first-order chi connectivity index (χ1) is 15.2. The Kier molecular flexibility index (Phi) is 6.97. The fourth-order valence-electron chi connectivity index (χ4n) is 3.06. The number of hydrogen-bond acceptors (Lipinski definition) is 8. The summed E-state index contributed by atoms with van der Waals surface area (Å²) in [5.41, 5.74) is 1.10. The molecule has 1 aliphatic heterocycles. The molecule has 170 valence electrons. The number of halogens is 3. The van der Waals surface area contributed by atoms with E-state index in [1.54, 1.807) is 12.3 Å². The molecule has 3 rings (SSSR count). The summed E-state index contributed by atoms with van der Waals surface area (Å²) in [6.07, 6.45) is -1.76. The highest BCUT2D eigenvalue weighted by molar-refractivity contribution is 5.68. The lowest BCUT2D eigenvalue weighted by Crippen LogP contribution is -2.55. The Bertz CT molecular complexity index is 980. The van der Waals surface area contributed by atoms with E-state index in [2.05, 4.69) is 19.7 Å². The number of hydrogen-bond donors (Lipinski definition) is 0. The second-order valence-electron chi connectivity index (χ2n) is 7.21. The summed E-state index contributed by atoms with van der Waals surface area (Å²) < 4.78 is 48.0. The number of piperazine rings is 1. The molecule has 0 unspecified atom stereocenters. The van der Waals surface area contributed by atoms with Crippen molar-refractivity contribution >= 4 is 12.0 Å². The summed E-state index contributed by atoms with van der Waals surface area (Å²) in [6, 6.07) is 3.50. The Labute approximate surface area is 182 Å². The largest absolute Gasteiger partial charge is 0.486 e. The first-order valence-corrected chi connectivity index (χ1v) is 9.75. The quantitative estimate of drug-likeness (QED) is 0.685. The summed E-state index contributed by atoms with van der Waals surface area (Å²) >= 11 is 0. The van der Waals surface area contributed by atoms with Crippen molar-refractivity contribution in [3.63, 3.8) is 0 Å². The average molecular weight is 450 g/mol. The Morgan fingerprint density at radius 3 is 2.66 bits per heavy atom. The van der Waals surface area contributed by atoms with Crippen molar-refractivity contribution in [3.8, 4) is 11.8 Å². The molecule has 12 heteroatoms. The number of carbonyl (C=O) groups is 1. The predicted octanol–water partition coefficient (Wildman–Crippen LogP) is 2.92. The van der Waals surface area contributed by atoms with Crippen LogP contribution in [0.5, 0.6) is 5.75 Å². The number of nitrogens with zero attached hydrogens (tertiary/aromatic N) is 6. The third-order valence-corrected chi connectivity index (χ3v) is 4.92. The van der Waals surface area contributed by atoms with E-state index in [1.807, 2.05) is 17.9 Å². The zero-order valence-corrected chi connectivity index (χ0v) is 17.4. The van der Waals surface area contributed by atoms with Crippen LogP contribution in [0.25, 0.3) is 0 Å². The van der Waals surface area contributed by atoms with Gasteiger partial charge in [-0.25, -0.2) is 14.8 Å². The molecule has 1 fully saturated rings. The van der Waals surface area contributed by atoms with Crippen LogP contribution >= 0.6 is 0 Å². The zero-order chi connectivity index (χ0) is 23.3. The van der Waals surface area contributed by atoms with Crippen molar-refractivity contribution in [3.05, 3.63) is 42.0 Å². The van der Waals surface area contributed by atoms with E-state index in [9.17, 15) is 18.0 Å². The molecule has 3 heterocycles. The Morgan fingerprint density at radius 2 is 2.03 bits per heavy atom. The van der Waals surface area contributed by atoms with Gasteiger partial charge < -0.3 is 19.3 Å². The van der Waals surface area contributed by atoms with Gasteiger partial charge in [0.05, 0.1) is 18.0 Å². The van der Waals surface area contributed by atoms with Crippen molar-refractivity contribution in [1.82, 2.24) is 19.9 Å². The molecule has 0 radical (unpaired) electrons. The van der Waals surface area contributed by atoms with Crippen LogP contribution < -0.4 is 9.64 Å². The van der Waals surface area contributed by atoms with Gasteiger partial charge in [-0.1, -0.05) is 0 Å². The van der Waals surface area contributed by atoms with Gasteiger partial charge in [0.2, 0.25) is 5.95 Å². The maximum Gasteiger partial charge on any atom is 0.425 e. The van der Waals surface area contributed by atoms with Crippen LogP contribution in [-0.4, -0.2) is 63.9 Å². The van der Waals surface area contributed by atoms with Crippen molar-refractivity contribution in [1.29, 1.82) is 5.26 Å². The van der Waals surface area contributed by atoms with Crippen LogP contribution in [-0.2, 0) is 11.3 Å². The lowest BCUT2D eigenvalue weighted by atomic mass is 10.2. The van der Waals surface area contributed by atoms with Crippen molar-refractivity contribution in [2.75, 3.05) is 24.5 Å². The Morgan fingerprint density at radius 1 is 1.31 bits per heavy atom. The van der Waals surface area contributed by atoms with Crippen LogP contribution in [0.4, 0.5) is 23.9 Å². The molecule has 2 aromatic rings. The lowest BCUT2D eigenvalue weighted by molar-refractivity contribution is -0.199. The van der Waals surface area contributed by atoms with Crippen molar-refractivity contribution in [2.45, 2.75) is 38.8 Å². The maximum atomic E-state index is 12.6. The highest BCUT2D eigenvalue weighted by Crippen LogP contribution is 2.24. The Hall–Kier alpha value is -3.62. The first-order valence-electron chi connectivity index (χ1n) is 9.75. The van der Waals surface area contributed by atoms with E-state index >= 15 is 0 Å². The molecular formula is C20H21F3N6O3. The number of anilines is 1. The summed E-state index contributed by atoms with van der Waals surface area (Å²) in [5.74, 6) is 0.814. The summed E-state index contributed by atoms with van der Waals surface area (Å²) in [4.78, 5) is 27.6. The lowest BCUT2D eigenvalue weighted by Gasteiger charge is -2.39. The van der Waals surface area contributed by atoms with Crippen molar-refractivity contribution in [2.24, 2.45) is 0 Å². The van der Waals surface area contributed by atoms with Crippen LogP contribution in [0, 0.1) is 11.3 Å². The number of rotatable bonds is 5. The number of aromatic nitrogens is 3. The monoisotopic (exact) mass is 450 g/mol. The highest BCUT2D eigenvalue weighted by atomic mass is 19.4. The second-order valence-corrected chi connectivity index (χ2v) is 7.21. The number of pyridine rings is 1. The predicted molar refractivity (Wildman–Crippen MR) is 106 cm³/mol. The average Bonchev–Trinajstić information content (AvgIpc) is 2.77. The van der Waals surface area contributed by atoms with Crippen LogP contribution in [0.15, 0.2) is 30.9 Å². The van der Waals surface area contributed by atoms with Gasteiger partial charge in [-0.2, -0.15) is 18.4 Å². The molecule has 2 aromatic heterocycles. The zero-order valence-electron chi connectivity index (χ0n) is 17.4. The van der Waals surface area contributed by atoms with Crippen molar-refractivity contribution < 1.29 is 27.4 Å². The molecule has 0 N–H and O–H groups in total. The molecule has 1 aliphatic rings. The van der Waals surface area contributed by atoms with Gasteiger partial charge in [0.15, 0.2) is 11.9 Å². The number of ether oxygens (including phenoxy) is 2. The number of nitriles is 1. The second kappa shape index (κ2) is 9.67. The third kappa shape index (κ3) is 5.54. The number of alkyl halides is 3. The third-order valence-electron chi connectivity index (χ3n) is 4.92. The molecular weight excluding hydrogens is 429 g/mol. The van der Waals surface area contributed by atoms with Gasteiger partial charge in [-0.05, 0) is 19.9 Å². The van der Waals surface area contributed by atoms with E-state index in [-0.39, 0.29) is 25.7 Å². The molecule has 0 spiro atoms. The molecule has 0 bridgehead atoms. The van der Waals surface area contributed by atoms with Gasteiger partial charge >= 0.3 is 12.3 Å². The molecule has 1 amide bonds. The van der Waals surface area contributed by atoms with E-state index in [0.717, 1.165) is 6.92 Å². The van der Waals surface area contributed by atoms with E-state index in [0.29, 0.717) is 29.4 Å². The maximum absolute atomic E-state index is 12.6. The van der Waals surface area contributed by atoms with Crippen LogP contribution in [0.2, 0.25) is 0 Å². The summed E-state index contributed by atoms with van der Waals surface area (Å²) in [6.45, 7) is 3.44. The Balaban J connectivity index is 1.55. The fourth-order valence-corrected chi connectivity index (χ4v) is 3.06. The summed E-state index contributed by atoms with van der Waals surface area (Å²) in [5, 5.41) is 9.09. The van der Waals surface area contributed by atoms with Gasteiger partial charge in [0, 0.05) is 43.6 Å². The highest BCUT2D eigenvalue weighted by Gasteiger charge is 2.40. The molecule has 0 aromatic carbocycles. The minimum atomic E-state index is -4.60. The minimum absolute atomic E-state index is 0.154. The van der Waals surface area contributed by atoms with Gasteiger partial charge in [-0.3, -0.25) is 4.98 Å². The normalized spacial score (nSPS) is 17.4. The van der Waals surface area contributed by atoms with Crippen LogP contribution in [0.3, 0.4) is 0 Å². The molecule has 0 aliphatic carbocycles. The van der Waals surface area contributed by atoms with Crippen LogP contribution in [0.1, 0.15) is 25.0 Å². The fraction of sp³-hybridized carbons (Fsp3) is 0.450. The van der Waals surface area contributed by atoms with Gasteiger partial charge in [0.1, 0.15) is 12.7 Å². The molecule has 9 nitrogen and oxygen atoms in total. The molecule has 32 heavy (non-hydrogen) atoms. The van der Waals surface area contributed by atoms with E-state index < -0.39 is 18.4 Å². The minimum Gasteiger partial charge on any atom is -0.486 e. The van der Waals surface area contributed by atoms with Gasteiger partial charge in [-0.15, -0.1) is 0 Å². The van der Waals surface area contributed by atoms with Gasteiger partial charge in [0.25, 0.3) is 0 Å². The summed E-state index contributed by atoms with van der Waals surface area (Å²) in [7, 11) is 0. The van der Waals surface area contributed by atoms with E-state index in [1.165, 1.54) is 23.5 Å². The standard InChI is InChI=1S/C20H21F3N6O3/c1-13-11-28(19(30)32-14(2)20(21,22)23)5-6-29(13)18-26-9-17(10-27-18)31-12-15-3-4-25-8-16(15)7-24/h3-4,8-10,13-14H,5-6,11-12H2,1-2H3/t13-,14-/m1/s1. The molecule has 0 saturated carbocycles.